The van der Waals surface area contributed by atoms with Crippen LogP contribution >= 0.6 is 23.4 Å². The van der Waals surface area contributed by atoms with Gasteiger partial charge < -0.3 is 10.1 Å². The molecule has 0 radical (unpaired) electrons. The Hall–Kier alpha value is -2.37. The number of ether oxygens (including phenoxy) is 1. The number of hydrogen-bond donors (Lipinski definition) is 1. The van der Waals surface area contributed by atoms with Crippen molar-refractivity contribution >= 4 is 34.4 Å². The lowest BCUT2D eigenvalue weighted by atomic mass is 9.97. The summed E-state index contributed by atoms with van der Waals surface area (Å²) in [5, 5.41) is -0.349. The van der Waals surface area contributed by atoms with Crippen molar-refractivity contribution in [3.63, 3.8) is 0 Å². The van der Waals surface area contributed by atoms with Crippen LogP contribution in [0.3, 0.4) is 0 Å². The summed E-state index contributed by atoms with van der Waals surface area (Å²) in [4.78, 5) is 11.3. The zero-order valence-corrected chi connectivity index (χ0v) is 17.4. The van der Waals surface area contributed by atoms with Gasteiger partial charge >= 0.3 is 24.6 Å². The van der Waals surface area contributed by atoms with Crippen LogP contribution in [0.15, 0.2) is 40.0 Å². The first-order valence-electron chi connectivity index (χ1n) is 8.28. The normalized spacial score (nSPS) is 19.2. The zero-order valence-electron chi connectivity index (χ0n) is 15.9. The molecule has 196 valence electrons. The number of thioether (sulfide) groups is 1. The monoisotopic (exact) mass is 572 g/mol. The van der Waals surface area contributed by atoms with E-state index in [9.17, 15) is 61.9 Å². The topological polar surface area (TPSA) is 50.7 Å². The SMILES string of the molecule is O=C(NC1=NC(C(F)(F)F)(C(F)(F)F)/C(=C(\F)C(F)(F)F)S1)c1ccc(OC(F)(F)C(F)Cl)cc1. The van der Waals surface area contributed by atoms with Crippen molar-refractivity contribution in [1.82, 2.24) is 5.32 Å². The van der Waals surface area contributed by atoms with Crippen molar-refractivity contribution in [2.45, 2.75) is 35.8 Å². The number of carbonyl (C=O) groups excluding carboxylic acids is 1. The predicted molar refractivity (Wildman–Crippen MR) is 94.3 cm³/mol. The highest BCUT2D eigenvalue weighted by atomic mass is 35.5. The van der Waals surface area contributed by atoms with E-state index in [4.69, 9.17) is 0 Å². The molecule has 0 aromatic heterocycles. The second kappa shape index (κ2) is 9.25. The fourth-order valence-corrected chi connectivity index (χ4v) is 3.57. The third-order valence-electron chi connectivity index (χ3n) is 3.91. The van der Waals surface area contributed by atoms with E-state index in [0.29, 0.717) is 24.3 Å². The maximum Gasteiger partial charge on any atom is 0.444 e. The molecule has 1 amide bonds. The minimum atomic E-state index is -6.62. The standard InChI is InChI=1S/C16H6ClF13N2O2S/c17-10(19)14(23,24)34-6-3-1-5(2-4-6)9(33)31-11-32-12(15(25,26)27,16(28,29)30)8(35-11)7(18)13(20,21)22/h1-4,10H,(H,31,32,33)/b8-7+. The molecular weight excluding hydrogens is 567 g/mol. The van der Waals surface area contributed by atoms with Gasteiger partial charge in [-0.3, -0.25) is 4.79 Å². The molecule has 1 atom stereocenters. The van der Waals surface area contributed by atoms with Crippen molar-refractivity contribution in [3.8, 4) is 5.75 Å². The van der Waals surface area contributed by atoms with Crippen LogP contribution in [-0.4, -0.2) is 46.9 Å². The first-order chi connectivity index (χ1) is 15.6. The molecule has 1 unspecified atom stereocenters. The summed E-state index contributed by atoms with van der Waals surface area (Å²) in [6.45, 7) is 0. The van der Waals surface area contributed by atoms with E-state index >= 15 is 0 Å². The second-order valence-electron chi connectivity index (χ2n) is 6.31. The quantitative estimate of drug-likeness (QED) is 0.326. The number of nitrogens with one attached hydrogen (secondary N) is 1. The fraction of sp³-hybridized carbons (Fsp3) is 0.375. The molecule has 0 spiro atoms. The van der Waals surface area contributed by atoms with Gasteiger partial charge in [-0.1, -0.05) is 23.4 Å². The second-order valence-corrected chi connectivity index (χ2v) is 7.69. The lowest BCUT2D eigenvalue weighted by Crippen LogP contribution is -2.55. The minimum Gasteiger partial charge on any atom is -0.429 e. The molecule has 35 heavy (non-hydrogen) atoms. The van der Waals surface area contributed by atoms with Crippen LogP contribution in [0.4, 0.5) is 57.1 Å². The highest BCUT2D eigenvalue weighted by Crippen LogP contribution is 2.59. The molecule has 1 aromatic rings. The van der Waals surface area contributed by atoms with Crippen molar-refractivity contribution in [2.75, 3.05) is 0 Å². The zero-order chi connectivity index (χ0) is 27.2. The fourth-order valence-electron chi connectivity index (χ4n) is 2.37. The van der Waals surface area contributed by atoms with Gasteiger partial charge in [0.15, 0.2) is 5.17 Å². The molecule has 2 rings (SSSR count). The first-order valence-corrected chi connectivity index (χ1v) is 9.54. The highest BCUT2D eigenvalue weighted by Gasteiger charge is 2.77. The molecule has 0 aliphatic carbocycles. The van der Waals surface area contributed by atoms with Gasteiger partial charge in [0.25, 0.3) is 17.1 Å². The van der Waals surface area contributed by atoms with E-state index < -0.39 is 80.7 Å². The molecule has 1 heterocycles. The van der Waals surface area contributed by atoms with Gasteiger partial charge in [0, 0.05) is 5.56 Å². The molecule has 0 bridgehead atoms. The maximum absolute atomic E-state index is 13.7. The molecule has 0 saturated carbocycles. The van der Waals surface area contributed by atoms with Gasteiger partial charge in [-0.05, 0) is 24.3 Å². The van der Waals surface area contributed by atoms with E-state index in [1.54, 1.807) is 0 Å². The van der Waals surface area contributed by atoms with Crippen molar-refractivity contribution in [2.24, 2.45) is 4.99 Å². The Kier molecular flexibility index (Phi) is 7.63. The molecule has 1 N–H and O–H groups in total. The Balaban J connectivity index is 2.42. The van der Waals surface area contributed by atoms with Crippen molar-refractivity contribution < 1.29 is 66.6 Å². The number of hydrogen-bond acceptors (Lipinski definition) is 4. The number of carbonyl (C=O) groups is 1. The van der Waals surface area contributed by atoms with Crippen LogP contribution in [0.2, 0.25) is 0 Å². The summed E-state index contributed by atoms with van der Waals surface area (Å²) >= 11 is 3.49. The smallest absolute Gasteiger partial charge is 0.429 e. The molecule has 1 aromatic carbocycles. The largest absolute Gasteiger partial charge is 0.444 e. The highest BCUT2D eigenvalue weighted by molar-refractivity contribution is 8.17. The summed E-state index contributed by atoms with van der Waals surface area (Å²) in [7, 11) is 0. The van der Waals surface area contributed by atoms with Crippen LogP contribution in [0.25, 0.3) is 0 Å². The third-order valence-corrected chi connectivity index (χ3v) is 5.23. The third kappa shape index (κ3) is 5.73. The van der Waals surface area contributed by atoms with Gasteiger partial charge in [-0.25, -0.2) is 13.8 Å². The number of amidine groups is 1. The van der Waals surface area contributed by atoms with Crippen LogP contribution < -0.4 is 10.1 Å². The van der Waals surface area contributed by atoms with Gasteiger partial charge in [-0.15, -0.1) is 0 Å². The van der Waals surface area contributed by atoms with E-state index in [0.717, 1.165) is 0 Å². The average molecular weight is 573 g/mol. The Morgan fingerprint density at radius 3 is 1.86 bits per heavy atom. The molecule has 1 aliphatic heterocycles. The lowest BCUT2D eigenvalue weighted by molar-refractivity contribution is -0.280. The summed E-state index contributed by atoms with van der Waals surface area (Å²) in [6, 6.07) is 2.43. The van der Waals surface area contributed by atoms with Crippen LogP contribution in [0, 0.1) is 0 Å². The van der Waals surface area contributed by atoms with Crippen LogP contribution in [-0.2, 0) is 0 Å². The van der Waals surface area contributed by atoms with E-state index in [1.807, 2.05) is 0 Å². The number of benzene rings is 1. The van der Waals surface area contributed by atoms with Gasteiger partial charge in [0.2, 0.25) is 5.83 Å². The molecule has 0 saturated heterocycles. The van der Waals surface area contributed by atoms with Gasteiger partial charge in [0.1, 0.15) is 5.75 Å². The number of halogens is 14. The van der Waals surface area contributed by atoms with Crippen LogP contribution in [0.5, 0.6) is 5.75 Å². The summed E-state index contributed by atoms with van der Waals surface area (Å²) in [5.41, 5.74) is -9.63. The number of allylic oxidation sites excluding steroid dienone is 1. The number of nitrogens with zero attached hydrogens (tertiary/aromatic N) is 1. The van der Waals surface area contributed by atoms with E-state index in [1.165, 1.54) is 5.32 Å². The first kappa shape index (κ1) is 28.9. The van der Waals surface area contributed by atoms with Gasteiger partial charge in [-0.2, -0.15) is 48.3 Å². The Labute approximate surface area is 194 Å². The predicted octanol–water partition coefficient (Wildman–Crippen LogP) is 6.63. The van der Waals surface area contributed by atoms with Gasteiger partial charge in [0.05, 0.1) is 4.91 Å². The molecule has 19 heteroatoms. The minimum absolute atomic E-state index is 0.593. The molecule has 0 fully saturated rings. The lowest BCUT2D eigenvalue weighted by Gasteiger charge is -2.31. The Bertz CT molecular complexity index is 1020. The Morgan fingerprint density at radius 2 is 1.46 bits per heavy atom. The van der Waals surface area contributed by atoms with Crippen molar-refractivity contribution in [3.05, 3.63) is 40.6 Å². The van der Waals surface area contributed by atoms with E-state index in [-0.39, 0.29) is 0 Å². The average Bonchev–Trinajstić information content (AvgIpc) is 3.07. The summed E-state index contributed by atoms with van der Waals surface area (Å²) < 4.78 is 174. The molecule has 1 aliphatic rings. The maximum atomic E-state index is 13.7. The molecule has 4 nitrogen and oxygen atoms in total. The summed E-state index contributed by atoms with van der Waals surface area (Å²) in [5.74, 6) is -6.10. The van der Waals surface area contributed by atoms with Crippen LogP contribution in [0.1, 0.15) is 10.4 Å². The Morgan fingerprint density at radius 1 is 0.971 bits per heavy atom. The van der Waals surface area contributed by atoms with E-state index in [2.05, 4.69) is 21.3 Å². The number of amides is 1. The number of alkyl halides is 13. The number of aliphatic imine (C=N–C) groups is 1. The number of rotatable bonds is 4. The summed E-state index contributed by atoms with van der Waals surface area (Å²) in [6.07, 6.45) is -24.0. The molecular formula is C16H6ClF13N2O2S. The van der Waals surface area contributed by atoms with Crippen molar-refractivity contribution in [1.29, 1.82) is 0 Å².